The summed E-state index contributed by atoms with van der Waals surface area (Å²) in [4.78, 5) is 28.1. The lowest BCUT2D eigenvalue weighted by Gasteiger charge is -2.34. The van der Waals surface area contributed by atoms with E-state index in [4.69, 9.17) is 4.74 Å². The molecule has 0 spiro atoms. The number of benzene rings is 1. The predicted octanol–water partition coefficient (Wildman–Crippen LogP) is 2.17. The standard InChI is InChI=1S/C21H33N3O3/c1-5-8-22-20(25)14-23-9-11-24(12-10-23)21(26)15-27-18-6-7-19(16(2)3)17(4)13-18/h6-7,13,16H,5,8-12,14-15H2,1-4H3,(H,22,25). The molecule has 0 bridgehead atoms. The van der Waals surface area contributed by atoms with Crippen LogP contribution in [0, 0.1) is 6.92 Å². The van der Waals surface area contributed by atoms with E-state index in [2.05, 4.69) is 37.1 Å². The number of amides is 2. The van der Waals surface area contributed by atoms with Gasteiger partial charge >= 0.3 is 0 Å². The molecular weight excluding hydrogens is 342 g/mol. The van der Waals surface area contributed by atoms with E-state index in [0.717, 1.165) is 12.2 Å². The molecule has 1 aliphatic heterocycles. The molecule has 0 radical (unpaired) electrons. The van der Waals surface area contributed by atoms with Gasteiger partial charge in [0.15, 0.2) is 6.61 Å². The third kappa shape index (κ3) is 6.54. The molecule has 1 N–H and O–H groups in total. The second kappa shape index (κ2) is 10.3. The van der Waals surface area contributed by atoms with Gasteiger partial charge in [-0.3, -0.25) is 14.5 Å². The smallest absolute Gasteiger partial charge is 0.260 e. The highest BCUT2D eigenvalue weighted by Gasteiger charge is 2.22. The van der Waals surface area contributed by atoms with Crippen LogP contribution in [0.3, 0.4) is 0 Å². The lowest BCUT2D eigenvalue weighted by Crippen LogP contribution is -2.52. The van der Waals surface area contributed by atoms with E-state index in [0.29, 0.717) is 45.2 Å². The van der Waals surface area contributed by atoms with Gasteiger partial charge in [0, 0.05) is 32.7 Å². The second-order valence-electron chi connectivity index (χ2n) is 7.47. The van der Waals surface area contributed by atoms with E-state index in [1.54, 1.807) is 0 Å². The van der Waals surface area contributed by atoms with Gasteiger partial charge in [0.05, 0.1) is 6.54 Å². The molecule has 2 rings (SSSR count). The van der Waals surface area contributed by atoms with Crippen molar-refractivity contribution < 1.29 is 14.3 Å². The molecule has 0 aliphatic carbocycles. The minimum absolute atomic E-state index is 0.00401. The molecule has 1 heterocycles. The lowest BCUT2D eigenvalue weighted by atomic mass is 9.98. The molecule has 2 amide bonds. The minimum Gasteiger partial charge on any atom is -0.484 e. The van der Waals surface area contributed by atoms with Crippen LogP contribution in [0.5, 0.6) is 5.75 Å². The van der Waals surface area contributed by atoms with Gasteiger partial charge in [-0.25, -0.2) is 0 Å². The van der Waals surface area contributed by atoms with Gasteiger partial charge < -0.3 is 15.0 Å². The van der Waals surface area contributed by atoms with Gasteiger partial charge in [-0.05, 0) is 42.5 Å². The molecule has 1 saturated heterocycles. The van der Waals surface area contributed by atoms with Crippen molar-refractivity contribution in [3.05, 3.63) is 29.3 Å². The monoisotopic (exact) mass is 375 g/mol. The number of carbonyl (C=O) groups excluding carboxylic acids is 2. The molecule has 0 aromatic heterocycles. The lowest BCUT2D eigenvalue weighted by molar-refractivity contribution is -0.135. The first-order chi connectivity index (χ1) is 12.9. The van der Waals surface area contributed by atoms with Crippen LogP contribution >= 0.6 is 0 Å². The molecule has 1 fully saturated rings. The zero-order chi connectivity index (χ0) is 19.8. The summed E-state index contributed by atoms with van der Waals surface area (Å²) >= 11 is 0. The van der Waals surface area contributed by atoms with Crippen molar-refractivity contribution in [2.45, 2.75) is 40.0 Å². The summed E-state index contributed by atoms with van der Waals surface area (Å²) in [7, 11) is 0. The largest absolute Gasteiger partial charge is 0.484 e. The molecule has 1 aliphatic rings. The zero-order valence-corrected chi connectivity index (χ0v) is 17.1. The summed E-state index contributed by atoms with van der Waals surface area (Å²) in [5.41, 5.74) is 2.48. The van der Waals surface area contributed by atoms with Crippen LogP contribution in [0.1, 0.15) is 44.2 Å². The molecule has 0 saturated carbocycles. The number of aryl methyl sites for hydroxylation is 1. The summed E-state index contributed by atoms with van der Waals surface area (Å²) in [6.45, 7) is 12.3. The van der Waals surface area contributed by atoms with Crippen LogP contribution in [0.2, 0.25) is 0 Å². The topological polar surface area (TPSA) is 61.9 Å². The fraction of sp³-hybridized carbons (Fsp3) is 0.619. The highest BCUT2D eigenvalue weighted by atomic mass is 16.5. The van der Waals surface area contributed by atoms with Gasteiger partial charge in [-0.1, -0.05) is 26.8 Å². The first-order valence-corrected chi connectivity index (χ1v) is 9.90. The van der Waals surface area contributed by atoms with Gasteiger partial charge in [0.25, 0.3) is 5.91 Å². The molecule has 1 aromatic carbocycles. The van der Waals surface area contributed by atoms with Crippen molar-refractivity contribution in [2.75, 3.05) is 45.9 Å². The Bertz CT molecular complexity index is 638. The minimum atomic E-state index is -0.00401. The number of piperazine rings is 1. The zero-order valence-electron chi connectivity index (χ0n) is 17.1. The van der Waals surface area contributed by atoms with E-state index >= 15 is 0 Å². The third-order valence-electron chi connectivity index (χ3n) is 4.89. The van der Waals surface area contributed by atoms with Crippen LogP contribution in [-0.4, -0.2) is 67.5 Å². The Kier molecular flexibility index (Phi) is 8.10. The Morgan fingerprint density at radius 1 is 1.19 bits per heavy atom. The highest BCUT2D eigenvalue weighted by Crippen LogP contribution is 2.23. The quantitative estimate of drug-likeness (QED) is 0.756. The summed E-state index contributed by atoms with van der Waals surface area (Å²) in [5.74, 6) is 1.26. The highest BCUT2D eigenvalue weighted by molar-refractivity contribution is 5.79. The molecule has 6 nitrogen and oxygen atoms in total. The number of carbonyl (C=O) groups is 2. The maximum Gasteiger partial charge on any atom is 0.260 e. The Labute approximate surface area is 162 Å². The first-order valence-electron chi connectivity index (χ1n) is 9.90. The predicted molar refractivity (Wildman–Crippen MR) is 107 cm³/mol. The van der Waals surface area contributed by atoms with E-state index in [-0.39, 0.29) is 18.4 Å². The number of ether oxygens (including phenoxy) is 1. The maximum atomic E-state index is 12.4. The number of nitrogens with one attached hydrogen (secondary N) is 1. The summed E-state index contributed by atoms with van der Waals surface area (Å²) in [6.07, 6.45) is 0.938. The summed E-state index contributed by atoms with van der Waals surface area (Å²) < 4.78 is 5.70. The van der Waals surface area contributed by atoms with Crippen LogP contribution in [0.25, 0.3) is 0 Å². The fourth-order valence-corrected chi connectivity index (χ4v) is 3.30. The third-order valence-corrected chi connectivity index (χ3v) is 4.89. The molecule has 0 atom stereocenters. The van der Waals surface area contributed by atoms with E-state index < -0.39 is 0 Å². The van der Waals surface area contributed by atoms with Crippen LogP contribution in [0.15, 0.2) is 18.2 Å². The molecule has 0 unspecified atom stereocenters. The van der Waals surface area contributed by atoms with Crippen molar-refractivity contribution >= 4 is 11.8 Å². The van der Waals surface area contributed by atoms with Crippen molar-refractivity contribution in [1.82, 2.24) is 15.1 Å². The van der Waals surface area contributed by atoms with E-state index in [1.807, 2.05) is 24.0 Å². The molecule has 27 heavy (non-hydrogen) atoms. The number of rotatable bonds is 8. The molecule has 6 heteroatoms. The molecule has 150 valence electrons. The SMILES string of the molecule is CCCNC(=O)CN1CCN(C(=O)COc2ccc(C(C)C)c(C)c2)CC1. The Morgan fingerprint density at radius 3 is 2.48 bits per heavy atom. The van der Waals surface area contributed by atoms with Gasteiger partial charge in [0.1, 0.15) is 5.75 Å². The number of hydrogen-bond donors (Lipinski definition) is 1. The Morgan fingerprint density at radius 2 is 1.89 bits per heavy atom. The number of hydrogen-bond acceptors (Lipinski definition) is 4. The molecule has 1 aromatic rings. The van der Waals surface area contributed by atoms with Crippen LogP contribution in [0.4, 0.5) is 0 Å². The van der Waals surface area contributed by atoms with Crippen molar-refractivity contribution in [3.8, 4) is 5.75 Å². The van der Waals surface area contributed by atoms with Crippen molar-refractivity contribution in [1.29, 1.82) is 0 Å². The van der Waals surface area contributed by atoms with Gasteiger partial charge in [-0.2, -0.15) is 0 Å². The fourth-order valence-electron chi connectivity index (χ4n) is 3.30. The number of nitrogens with zero attached hydrogens (tertiary/aromatic N) is 2. The van der Waals surface area contributed by atoms with Crippen LogP contribution < -0.4 is 10.1 Å². The van der Waals surface area contributed by atoms with Gasteiger partial charge in [-0.15, -0.1) is 0 Å². The summed E-state index contributed by atoms with van der Waals surface area (Å²) in [5, 5.41) is 2.89. The van der Waals surface area contributed by atoms with Crippen LogP contribution in [-0.2, 0) is 9.59 Å². The average molecular weight is 376 g/mol. The van der Waals surface area contributed by atoms with Crippen molar-refractivity contribution in [2.24, 2.45) is 0 Å². The summed E-state index contributed by atoms with van der Waals surface area (Å²) in [6, 6.07) is 6.00. The average Bonchev–Trinajstić information content (AvgIpc) is 2.64. The first kappa shape index (κ1) is 21.2. The second-order valence-corrected chi connectivity index (χ2v) is 7.47. The Hall–Kier alpha value is -2.08. The van der Waals surface area contributed by atoms with Crippen molar-refractivity contribution in [3.63, 3.8) is 0 Å². The van der Waals surface area contributed by atoms with E-state index in [9.17, 15) is 9.59 Å². The molecular formula is C21H33N3O3. The maximum absolute atomic E-state index is 12.4. The van der Waals surface area contributed by atoms with Gasteiger partial charge in [0.2, 0.25) is 5.91 Å². The Balaban J connectivity index is 1.75. The normalized spacial score (nSPS) is 15.1. The van der Waals surface area contributed by atoms with E-state index in [1.165, 1.54) is 11.1 Å².